The molecule has 6 nitrogen and oxygen atoms in total. The molecule has 1 amide bonds. The fourth-order valence-corrected chi connectivity index (χ4v) is 2.34. The molecule has 6 heteroatoms. The molecule has 0 radical (unpaired) electrons. The van der Waals surface area contributed by atoms with E-state index in [2.05, 4.69) is 5.32 Å². The van der Waals surface area contributed by atoms with Gasteiger partial charge in [-0.05, 0) is 24.6 Å². The normalized spacial score (nSPS) is 10.1. The molecule has 0 aromatic heterocycles. The van der Waals surface area contributed by atoms with Gasteiger partial charge in [0, 0.05) is 17.8 Å². The Bertz CT molecular complexity index is 704. The molecule has 134 valence electrons. The Labute approximate surface area is 147 Å². The molecule has 0 saturated heterocycles. The molecule has 0 heterocycles. The zero-order valence-electron chi connectivity index (χ0n) is 14.9. The van der Waals surface area contributed by atoms with Gasteiger partial charge in [-0.25, -0.2) is 0 Å². The van der Waals surface area contributed by atoms with Crippen LogP contribution in [0.4, 0.5) is 5.69 Å². The average molecular weight is 345 g/mol. The summed E-state index contributed by atoms with van der Waals surface area (Å²) in [4.78, 5) is 12.1. The predicted octanol–water partition coefficient (Wildman–Crippen LogP) is 3.43. The third-order valence-electron chi connectivity index (χ3n) is 3.54. The lowest BCUT2D eigenvalue weighted by atomic mass is 10.2. The Morgan fingerprint density at radius 1 is 1.00 bits per heavy atom. The van der Waals surface area contributed by atoms with Crippen LogP contribution in [0.3, 0.4) is 0 Å². The highest BCUT2D eigenvalue weighted by atomic mass is 16.5. The van der Waals surface area contributed by atoms with Crippen molar-refractivity contribution in [1.82, 2.24) is 0 Å². The van der Waals surface area contributed by atoms with Crippen molar-refractivity contribution in [2.75, 3.05) is 33.3 Å². The number of hydrogen-bond acceptors (Lipinski definition) is 5. The summed E-state index contributed by atoms with van der Waals surface area (Å²) in [5, 5.41) is 2.81. The summed E-state index contributed by atoms with van der Waals surface area (Å²) in [5.41, 5.74) is 1.68. The molecule has 1 N–H and O–H groups in total. The second-order valence-corrected chi connectivity index (χ2v) is 5.38. The molecule has 0 unspecified atom stereocenters. The Balaban J connectivity index is 1.95. The van der Waals surface area contributed by atoms with Crippen LogP contribution in [0.2, 0.25) is 0 Å². The summed E-state index contributed by atoms with van der Waals surface area (Å²) in [7, 11) is 4.58. The highest BCUT2D eigenvalue weighted by Crippen LogP contribution is 2.39. The van der Waals surface area contributed by atoms with Crippen molar-refractivity contribution in [3.63, 3.8) is 0 Å². The third kappa shape index (κ3) is 5.04. The largest absolute Gasteiger partial charge is 0.493 e. The van der Waals surface area contributed by atoms with E-state index in [0.717, 1.165) is 11.3 Å². The zero-order valence-corrected chi connectivity index (χ0v) is 14.9. The lowest BCUT2D eigenvalue weighted by molar-refractivity contribution is -0.116. The average Bonchev–Trinajstić information content (AvgIpc) is 2.60. The van der Waals surface area contributed by atoms with Gasteiger partial charge in [-0.3, -0.25) is 4.79 Å². The van der Waals surface area contributed by atoms with E-state index in [4.69, 9.17) is 18.9 Å². The molecule has 2 rings (SSSR count). The first-order valence-corrected chi connectivity index (χ1v) is 7.86. The van der Waals surface area contributed by atoms with Crippen molar-refractivity contribution in [1.29, 1.82) is 0 Å². The molecule has 0 fully saturated rings. The number of hydrogen-bond donors (Lipinski definition) is 1. The first-order chi connectivity index (χ1) is 12.1. The van der Waals surface area contributed by atoms with Crippen molar-refractivity contribution in [2.24, 2.45) is 0 Å². The molecule has 0 aliphatic rings. The predicted molar refractivity (Wildman–Crippen MR) is 96.0 cm³/mol. The van der Waals surface area contributed by atoms with Crippen LogP contribution in [0.5, 0.6) is 23.0 Å². The van der Waals surface area contributed by atoms with Gasteiger partial charge < -0.3 is 24.3 Å². The highest BCUT2D eigenvalue weighted by Gasteiger charge is 2.14. The van der Waals surface area contributed by atoms with Crippen LogP contribution in [0.15, 0.2) is 36.4 Å². The van der Waals surface area contributed by atoms with Gasteiger partial charge in [0.1, 0.15) is 5.75 Å². The number of carbonyl (C=O) groups excluding carboxylic acids is 1. The first-order valence-electron chi connectivity index (χ1n) is 7.86. The summed E-state index contributed by atoms with van der Waals surface area (Å²) < 4.78 is 21.4. The number of nitrogens with one attached hydrogen (secondary N) is 1. The molecular weight excluding hydrogens is 322 g/mol. The number of rotatable bonds is 8. The molecular formula is C19H23NO5. The van der Waals surface area contributed by atoms with Gasteiger partial charge >= 0.3 is 0 Å². The van der Waals surface area contributed by atoms with Crippen LogP contribution in [-0.4, -0.2) is 33.8 Å². The van der Waals surface area contributed by atoms with E-state index in [0.29, 0.717) is 29.5 Å². The van der Waals surface area contributed by atoms with Crippen LogP contribution in [0.1, 0.15) is 12.0 Å². The maximum absolute atomic E-state index is 12.1. The van der Waals surface area contributed by atoms with Crippen molar-refractivity contribution >= 4 is 11.6 Å². The lowest BCUT2D eigenvalue weighted by Gasteiger charge is -2.14. The minimum Gasteiger partial charge on any atom is -0.493 e. The Kier molecular flexibility index (Phi) is 6.51. The van der Waals surface area contributed by atoms with Gasteiger partial charge in [-0.15, -0.1) is 0 Å². The van der Waals surface area contributed by atoms with Gasteiger partial charge in [0.05, 0.1) is 34.4 Å². The fraction of sp³-hybridized carbons (Fsp3) is 0.316. The van der Waals surface area contributed by atoms with Crippen LogP contribution < -0.4 is 24.3 Å². The molecule has 2 aromatic rings. The zero-order chi connectivity index (χ0) is 18.2. The second kappa shape index (κ2) is 8.82. The SMILES string of the molecule is COc1cc(NC(=O)CCOc2cccc(C)c2)cc(OC)c1OC. The number of aryl methyl sites for hydroxylation is 1. The maximum Gasteiger partial charge on any atom is 0.227 e. The van der Waals surface area contributed by atoms with Crippen LogP contribution in [0.25, 0.3) is 0 Å². The van der Waals surface area contributed by atoms with Crippen molar-refractivity contribution < 1.29 is 23.7 Å². The minimum absolute atomic E-state index is 0.165. The number of ether oxygens (including phenoxy) is 4. The van der Waals surface area contributed by atoms with Gasteiger partial charge in [0.15, 0.2) is 11.5 Å². The van der Waals surface area contributed by atoms with Gasteiger partial charge in [-0.1, -0.05) is 12.1 Å². The summed E-state index contributed by atoms with van der Waals surface area (Å²) in [6.45, 7) is 2.28. The van der Waals surface area contributed by atoms with Crippen LogP contribution in [0, 0.1) is 6.92 Å². The van der Waals surface area contributed by atoms with E-state index in [9.17, 15) is 4.79 Å². The third-order valence-corrected chi connectivity index (χ3v) is 3.54. The number of benzene rings is 2. The molecule has 25 heavy (non-hydrogen) atoms. The van der Waals surface area contributed by atoms with Crippen molar-refractivity contribution in [3.05, 3.63) is 42.0 Å². The maximum atomic E-state index is 12.1. The van der Waals surface area contributed by atoms with Crippen molar-refractivity contribution in [2.45, 2.75) is 13.3 Å². The van der Waals surface area contributed by atoms with Crippen LogP contribution in [-0.2, 0) is 4.79 Å². The molecule has 0 aliphatic heterocycles. The van der Waals surface area contributed by atoms with E-state index < -0.39 is 0 Å². The summed E-state index contributed by atoms with van der Waals surface area (Å²) in [6.07, 6.45) is 0.227. The topological polar surface area (TPSA) is 66.0 Å². The standard InChI is InChI=1S/C19H23NO5/c1-13-6-5-7-15(10-13)25-9-8-18(21)20-14-11-16(22-2)19(24-4)17(12-14)23-3/h5-7,10-12H,8-9H2,1-4H3,(H,20,21). The summed E-state index contributed by atoms with van der Waals surface area (Å²) in [6, 6.07) is 11.1. The smallest absolute Gasteiger partial charge is 0.227 e. The van der Waals surface area contributed by atoms with Crippen molar-refractivity contribution in [3.8, 4) is 23.0 Å². The summed E-state index contributed by atoms with van der Waals surface area (Å²) in [5.74, 6) is 2.02. The van der Waals surface area contributed by atoms with Crippen LogP contribution >= 0.6 is 0 Å². The Morgan fingerprint density at radius 3 is 2.24 bits per heavy atom. The van der Waals surface area contributed by atoms with Gasteiger partial charge in [0.25, 0.3) is 0 Å². The second-order valence-electron chi connectivity index (χ2n) is 5.38. The van der Waals surface area contributed by atoms with E-state index in [1.165, 1.54) is 21.3 Å². The fourth-order valence-electron chi connectivity index (χ4n) is 2.34. The number of methoxy groups -OCH3 is 3. The highest BCUT2D eigenvalue weighted by molar-refractivity contribution is 5.91. The Morgan fingerprint density at radius 2 is 1.68 bits per heavy atom. The van der Waals surface area contributed by atoms with E-state index in [-0.39, 0.29) is 12.3 Å². The van der Waals surface area contributed by atoms with E-state index >= 15 is 0 Å². The first kappa shape index (κ1) is 18.4. The lowest BCUT2D eigenvalue weighted by Crippen LogP contribution is -2.15. The van der Waals surface area contributed by atoms with Gasteiger partial charge in [0.2, 0.25) is 11.7 Å². The molecule has 0 aliphatic carbocycles. The number of amides is 1. The summed E-state index contributed by atoms with van der Waals surface area (Å²) >= 11 is 0. The van der Waals surface area contributed by atoms with Gasteiger partial charge in [-0.2, -0.15) is 0 Å². The molecule has 0 bridgehead atoms. The molecule has 0 atom stereocenters. The number of carbonyl (C=O) groups is 1. The quantitative estimate of drug-likeness (QED) is 0.794. The monoisotopic (exact) mass is 345 g/mol. The molecule has 2 aromatic carbocycles. The molecule has 0 spiro atoms. The Hall–Kier alpha value is -2.89. The van der Waals surface area contributed by atoms with E-state index in [1.807, 2.05) is 31.2 Å². The number of anilines is 1. The molecule has 0 saturated carbocycles. The van der Waals surface area contributed by atoms with E-state index in [1.54, 1.807) is 12.1 Å². The minimum atomic E-state index is -0.165.